The molecule has 0 spiro atoms. The number of fused-ring (bicyclic) bond motifs is 6. The summed E-state index contributed by atoms with van der Waals surface area (Å²) in [5.41, 5.74) is 9.09. The van der Waals surface area contributed by atoms with Crippen LogP contribution in [-0.2, 0) is 0 Å². The van der Waals surface area contributed by atoms with Crippen molar-refractivity contribution in [2.45, 2.75) is 6.92 Å². The Morgan fingerprint density at radius 3 is 1.82 bits per heavy atom. The molecule has 0 saturated carbocycles. The van der Waals surface area contributed by atoms with E-state index < -0.39 is 0 Å². The molecule has 3 heterocycles. The van der Waals surface area contributed by atoms with E-state index in [2.05, 4.69) is 60.7 Å². The molecule has 5 nitrogen and oxygen atoms in total. The summed E-state index contributed by atoms with van der Waals surface area (Å²) in [6, 6.07) is 45.1. The van der Waals surface area contributed by atoms with Gasteiger partial charge in [-0.1, -0.05) is 127 Å². The largest absolute Gasteiger partial charge is 0.456 e. The maximum Gasteiger partial charge on any atom is 0.164 e. The van der Waals surface area contributed by atoms with E-state index in [9.17, 15) is 0 Å². The number of rotatable bonds is 6. The van der Waals surface area contributed by atoms with Gasteiger partial charge in [-0.15, -0.1) is 0 Å². The molecule has 0 unspecified atom stereocenters. The van der Waals surface area contributed by atoms with Gasteiger partial charge in [0.25, 0.3) is 0 Å². The van der Waals surface area contributed by atoms with Crippen LogP contribution in [0.4, 0.5) is 0 Å². The van der Waals surface area contributed by atoms with Crippen molar-refractivity contribution in [2.75, 3.05) is 0 Å². The lowest BCUT2D eigenvalue weighted by molar-refractivity contribution is 0.668. The van der Waals surface area contributed by atoms with E-state index in [1.54, 1.807) is 0 Å². The van der Waals surface area contributed by atoms with Crippen LogP contribution in [0.15, 0.2) is 161 Å². The Labute approximate surface area is 282 Å². The molecule has 0 fully saturated rings. The second kappa shape index (κ2) is 11.9. The van der Waals surface area contributed by atoms with Crippen molar-refractivity contribution in [1.29, 1.82) is 0 Å². The van der Waals surface area contributed by atoms with Crippen LogP contribution in [-0.4, -0.2) is 15.0 Å². The highest BCUT2D eigenvalue weighted by molar-refractivity contribution is 6.20. The van der Waals surface area contributed by atoms with Gasteiger partial charge in [0, 0.05) is 43.8 Å². The van der Waals surface area contributed by atoms with Crippen molar-refractivity contribution < 1.29 is 8.83 Å². The summed E-state index contributed by atoms with van der Waals surface area (Å²) < 4.78 is 13.0. The lowest BCUT2D eigenvalue weighted by atomic mass is 9.95. The van der Waals surface area contributed by atoms with Crippen molar-refractivity contribution in [2.24, 2.45) is 0 Å². The van der Waals surface area contributed by atoms with Crippen LogP contribution in [0.25, 0.3) is 95.2 Å². The second-order valence-corrected chi connectivity index (χ2v) is 11.9. The van der Waals surface area contributed by atoms with Gasteiger partial charge in [-0.25, -0.2) is 15.0 Å². The van der Waals surface area contributed by atoms with Crippen LogP contribution in [0.2, 0.25) is 0 Å². The average Bonchev–Trinajstić information content (AvgIpc) is 3.74. The van der Waals surface area contributed by atoms with E-state index in [0.29, 0.717) is 17.5 Å². The SMILES string of the molecule is C/C=C\C=C/c1ccc(-c2nc(-c3ccccc3)nc(-c3ccc(-c4cccc5oc6ccccc6c45)c4oc5ccccc5c34)n2)cc1. The molecule has 232 valence electrons. The van der Waals surface area contributed by atoms with Crippen molar-refractivity contribution in [1.82, 2.24) is 15.0 Å². The molecule has 0 aliphatic heterocycles. The summed E-state index contributed by atoms with van der Waals surface area (Å²) in [7, 11) is 0. The highest BCUT2D eigenvalue weighted by Gasteiger charge is 2.22. The van der Waals surface area contributed by atoms with E-state index in [0.717, 1.165) is 77.3 Å². The maximum absolute atomic E-state index is 6.71. The summed E-state index contributed by atoms with van der Waals surface area (Å²) in [5, 5.41) is 4.09. The van der Waals surface area contributed by atoms with Crippen LogP contribution in [0.1, 0.15) is 12.5 Å². The molecule has 0 N–H and O–H groups in total. The molecule has 6 aromatic carbocycles. The zero-order valence-electron chi connectivity index (χ0n) is 26.7. The van der Waals surface area contributed by atoms with Gasteiger partial charge >= 0.3 is 0 Å². The fourth-order valence-electron chi connectivity index (χ4n) is 6.59. The summed E-state index contributed by atoms with van der Waals surface area (Å²) in [4.78, 5) is 15.2. The summed E-state index contributed by atoms with van der Waals surface area (Å²) in [6.45, 7) is 2.01. The van der Waals surface area contributed by atoms with Gasteiger partial charge in [0.05, 0.1) is 0 Å². The molecule has 0 amide bonds. The smallest absolute Gasteiger partial charge is 0.164 e. The summed E-state index contributed by atoms with van der Waals surface area (Å²) >= 11 is 0. The topological polar surface area (TPSA) is 65.0 Å². The van der Waals surface area contributed by atoms with Crippen molar-refractivity contribution in [3.63, 3.8) is 0 Å². The minimum atomic E-state index is 0.580. The van der Waals surface area contributed by atoms with Crippen LogP contribution >= 0.6 is 0 Å². The maximum atomic E-state index is 6.71. The van der Waals surface area contributed by atoms with Crippen LogP contribution in [0.3, 0.4) is 0 Å². The van der Waals surface area contributed by atoms with E-state index in [1.807, 2.05) is 104 Å². The van der Waals surface area contributed by atoms with Gasteiger partial charge in [-0.05, 0) is 48.4 Å². The first-order valence-corrected chi connectivity index (χ1v) is 16.3. The Morgan fingerprint density at radius 1 is 0.449 bits per heavy atom. The number of hydrogen-bond acceptors (Lipinski definition) is 5. The average molecular weight is 632 g/mol. The van der Waals surface area contributed by atoms with Crippen LogP contribution < -0.4 is 0 Å². The first-order valence-electron chi connectivity index (χ1n) is 16.3. The normalized spacial score (nSPS) is 12.0. The molecule has 0 atom stereocenters. The third kappa shape index (κ3) is 5.00. The fraction of sp³-hybridized carbons (Fsp3) is 0.0227. The molecule has 0 bridgehead atoms. The Hall–Kier alpha value is -6.59. The molecule has 0 aliphatic carbocycles. The number of aromatic nitrogens is 3. The van der Waals surface area contributed by atoms with Crippen molar-refractivity contribution >= 4 is 50.0 Å². The Morgan fingerprint density at radius 2 is 1.06 bits per heavy atom. The highest BCUT2D eigenvalue weighted by Crippen LogP contribution is 2.44. The molecule has 0 saturated heterocycles. The van der Waals surface area contributed by atoms with Gasteiger partial charge in [0.1, 0.15) is 22.3 Å². The Kier molecular flexibility index (Phi) is 6.95. The molecule has 0 aliphatic rings. The third-order valence-corrected chi connectivity index (χ3v) is 8.89. The van der Waals surface area contributed by atoms with Crippen molar-refractivity contribution in [3.05, 3.63) is 157 Å². The fourth-order valence-corrected chi connectivity index (χ4v) is 6.59. The van der Waals surface area contributed by atoms with E-state index in [-0.39, 0.29) is 0 Å². The molecule has 3 aromatic heterocycles. The number of furan rings is 2. The van der Waals surface area contributed by atoms with Gasteiger partial charge in [-0.3, -0.25) is 0 Å². The summed E-state index contributed by atoms with van der Waals surface area (Å²) in [5.74, 6) is 1.79. The quantitative estimate of drug-likeness (QED) is 0.171. The molecule has 5 heteroatoms. The number of nitrogens with zero attached hydrogens (tertiary/aromatic N) is 3. The third-order valence-electron chi connectivity index (χ3n) is 8.89. The second-order valence-electron chi connectivity index (χ2n) is 11.9. The van der Waals surface area contributed by atoms with E-state index in [4.69, 9.17) is 23.8 Å². The van der Waals surface area contributed by atoms with Gasteiger partial charge in [-0.2, -0.15) is 0 Å². The van der Waals surface area contributed by atoms with Crippen LogP contribution in [0.5, 0.6) is 0 Å². The Balaban J connectivity index is 1.28. The highest BCUT2D eigenvalue weighted by atomic mass is 16.3. The molecule has 49 heavy (non-hydrogen) atoms. The molecule has 9 aromatic rings. The molecule has 0 radical (unpaired) electrons. The van der Waals surface area contributed by atoms with Crippen molar-refractivity contribution in [3.8, 4) is 45.3 Å². The van der Waals surface area contributed by atoms with E-state index in [1.165, 1.54) is 0 Å². The standard InChI is InChI=1S/C44H29N3O2/c1-2-3-5-13-28-22-24-30(25-23-28)43-45-42(29-14-6-4-7-15-29)46-44(47-43)35-27-26-32(41-40(35)34-17-9-11-20-37(34)49-41)31-18-12-21-38-39(31)33-16-8-10-19-36(33)48-38/h2-27H,1H3/b3-2-,13-5-. The van der Waals surface area contributed by atoms with Crippen LogP contribution in [0, 0.1) is 0 Å². The number of allylic oxidation sites excluding steroid dienone is 3. The first kappa shape index (κ1) is 28.6. The zero-order chi connectivity index (χ0) is 32.7. The predicted molar refractivity (Wildman–Crippen MR) is 200 cm³/mol. The molecular formula is C44H29N3O2. The van der Waals surface area contributed by atoms with Gasteiger partial charge in [0.15, 0.2) is 17.5 Å². The Bertz CT molecular complexity index is 2720. The zero-order valence-corrected chi connectivity index (χ0v) is 26.7. The van der Waals surface area contributed by atoms with Gasteiger partial charge < -0.3 is 8.83 Å². The lowest BCUT2D eigenvalue weighted by Crippen LogP contribution is -2.00. The number of para-hydroxylation sites is 2. The molecule has 9 rings (SSSR count). The number of benzene rings is 6. The predicted octanol–water partition coefficient (Wildman–Crippen LogP) is 11.9. The first-order chi connectivity index (χ1) is 24.2. The number of hydrogen-bond donors (Lipinski definition) is 0. The van der Waals surface area contributed by atoms with Gasteiger partial charge in [0.2, 0.25) is 0 Å². The monoisotopic (exact) mass is 631 g/mol. The van der Waals surface area contributed by atoms with E-state index >= 15 is 0 Å². The lowest BCUT2D eigenvalue weighted by Gasteiger charge is -2.11. The minimum absolute atomic E-state index is 0.580. The minimum Gasteiger partial charge on any atom is -0.456 e. The molecular weight excluding hydrogens is 603 g/mol. The summed E-state index contributed by atoms with van der Waals surface area (Å²) in [6.07, 6.45) is 8.13.